The molecule has 4 aliphatic heterocycles. The number of esters is 1. The van der Waals surface area contributed by atoms with Crippen molar-refractivity contribution in [2.75, 3.05) is 20.2 Å². The third-order valence-corrected chi connectivity index (χ3v) is 11.0. The monoisotopic (exact) mass is 655 g/mol. The molecule has 8 nitrogen and oxygen atoms in total. The minimum atomic E-state index is -0.882. The summed E-state index contributed by atoms with van der Waals surface area (Å²) in [4.78, 5) is 50.5. The predicted molar refractivity (Wildman–Crippen MR) is 173 cm³/mol. The van der Waals surface area contributed by atoms with Crippen LogP contribution in [0.25, 0.3) is 0 Å². The third kappa shape index (κ3) is 4.92. The highest BCUT2D eigenvalue weighted by Crippen LogP contribution is 2.57. The van der Waals surface area contributed by atoms with E-state index in [1.165, 1.54) is 18.9 Å². The number of amidine groups is 1. The molecule has 2 aromatic rings. The van der Waals surface area contributed by atoms with Crippen LogP contribution in [0.15, 0.2) is 64.1 Å². The number of allylic oxidation sites excluding steroid dienone is 1. The van der Waals surface area contributed by atoms with Crippen molar-refractivity contribution in [1.82, 2.24) is 10.2 Å². The van der Waals surface area contributed by atoms with Gasteiger partial charge in [-0.1, -0.05) is 61.3 Å². The van der Waals surface area contributed by atoms with E-state index in [2.05, 4.69) is 31.0 Å². The van der Waals surface area contributed by atoms with E-state index in [9.17, 15) is 9.59 Å². The summed E-state index contributed by atoms with van der Waals surface area (Å²) in [5, 5.41) is 5.22. The predicted octanol–water partition coefficient (Wildman–Crippen LogP) is 6.19. The Morgan fingerprint density at radius 1 is 1.05 bits per heavy atom. The Hall–Kier alpha value is -2.69. The van der Waals surface area contributed by atoms with Crippen LogP contribution in [0.2, 0.25) is 10.0 Å². The van der Waals surface area contributed by atoms with Crippen molar-refractivity contribution >= 4 is 57.9 Å². The van der Waals surface area contributed by atoms with Crippen molar-refractivity contribution in [1.29, 1.82) is 0 Å². The zero-order valence-electron chi connectivity index (χ0n) is 25.3. The van der Waals surface area contributed by atoms with Gasteiger partial charge in [0.2, 0.25) is 6.04 Å². The van der Waals surface area contributed by atoms with Crippen LogP contribution in [0.5, 0.6) is 0 Å². The molecule has 0 bridgehead atoms. The molecule has 6 rings (SSSR count). The van der Waals surface area contributed by atoms with Crippen LogP contribution >= 0.6 is 35.0 Å². The number of halogens is 2. The largest absolute Gasteiger partial charge is 0.465 e. The molecular formula is C33H37Cl2N4O4S+. The maximum absolute atomic E-state index is 15.0. The van der Waals surface area contributed by atoms with Gasteiger partial charge in [0.05, 0.1) is 19.7 Å². The van der Waals surface area contributed by atoms with Gasteiger partial charge in [-0.25, -0.2) is 19.4 Å². The number of fused-ring (bicyclic) bond motifs is 1. The molecule has 2 fully saturated rings. The SMILES string of the molecule is COC(=O)[C@@H]1CCC[N+]1(C(=O)C1=C(C(C)C)N2C(=N[C@@](C)(c3ccc(Cl)cc3)[C@H]2c2ccc(Cl)cc2)S1)C(=O)[C@@H]1CCCN1. The number of nitrogens with one attached hydrogen (secondary N) is 1. The number of likely N-dealkylation sites (tertiary alicyclic amines) is 1. The molecule has 11 heteroatoms. The zero-order valence-corrected chi connectivity index (χ0v) is 27.6. The number of benzene rings is 2. The maximum Gasteiger partial charge on any atom is 0.365 e. The number of imide groups is 1. The fourth-order valence-electron chi connectivity index (χ4n) is 7.37. The lowest BCUT2D eigenvalue weighted by Crippen LogP contribution is -2.66. The Labute approximate surface area is 272 Å². The molecular weight excluding hydrogens is 619 g/mol. The molecule has 0 aromatic heterocycles. The Morgan fingerprint density at radius 2 is 1.70 bits per heavy atom. The average molecular weight is 657 g/mol. The van der Waals surface area contributed by atoms with Crippen LogP contribution < -0.4 is 5.32 Å². The Bertz CT molecular complexity index is 1550. The molecule has 232 valence electrons. The number of hydrogen-bond donors (Lipinski definition) is 1. The quantitative estimate of drug-likeness (QED) is 0.225. The van der Waals surface area contributed by atoms with Crippen LogP contribution in [0, 0.1) is 5.92 Å². The average Bonchev–Trinajstić information content (AvgIpc) is 3.80. The van der Waals surface area contributed by atoms with E-state index in [1.807, 2.05) is 48.5 Å². The van der Waals surface area contributed by atoms with Crippen molar-refractivity contribution in [3.05, 3.63) is 80.3 Å². The summed E-state index contributed by atoms with van der Waals surface area (Å²) in [6.07, 6.45) is 2.48. The van der Waals surface area contributed by atoms with Gasteiger partial charge in [0.1, 0.15) is 16.5 Å². The molecule has 0 saturated carbocycles. The van der Waals surface area contributed by atoms with E-state index in [4.69, 9.17) is 32.9 Å². The summed E-state index contributed by atoms with van der Waals surface area (Å²) in [7, 11) is 1.32. The Morgan fingerprint density at radius 3 is 2.30 bits per heavy atom. The summed E-state index contributed by atoms with van der Waals surface area (Å²) < 4.78 is 4.63. The van der Waals surface area contributed by atoms with Gasteiger partial charge in [0, 0.05) is 28.6 Å². The molecule has 44 heavy (non-hydrogen) atoms. The van der Waals surface area contributed by atoms with Crippen molar-refractivity contribution in [3.8, 4) is 0 Å². The van der Waals surface area contributed by atoms with Gasteiger partial charge < -0.3 is 15.0 Å². The Balaban J connectivity index is 1.51. The molecule has 0 spiro atoms. The van der Waals surface area contributed by atoms with Crippen LogP contribution in [-0.2, 0) is 24.7 Å². The second-order valence-corrected chi connectivity index (χ2v) is 14.3. The summed E-state index contributed by atoms with van der Waals surface area (Å²) in [5.74, 6) is -1.20. The first kappa shape index (κ1) is 31.3. The first-order chi connectivity index (χ1) is 21.0. The molecule has 1 unspecified atom stereocenters. The van der Waals surface area contributed by atoms with Crippen molar-refractivity contribution in [2.45, 2.75) is 70.1 Å². The number of thioether (sulfide) groups is 1. The molecule has 2 aromatic carbocycles. The van der Waals surface area contributed by atoms with Crippen LogP contribution in [0.3, 0.4) is 0 Å². The molecule has 0 radical (unpaired) electrons. The second kappa shape index (κ2) is 11.9. The molecule has 2 saturated heterocycles. The summed E-state index contributed by atoms with van der Waals surface area (Å²) in [6.45, 7) is 7.17. The molecule has 0 aliphatic carbocycles. The van der Waals surface area contributed by atoms with E-state index in [0.717, 1.165) is 23.2 Å². The number of aliphatic imine (C=N–C) groups is 1. The molecule has 1 N–H and O–H groups in total. The number of amides is 2. The van der Waals surface area contributed by atoms with E-state index < -0.39 is 28.1 Å². The van der Waals surface area contributed by atoms with Crippen LogP contribution in [0.4, 0.5) is 0 Å². The maximum atomic E-state index is 15.0. The fourth-order valence-corrected chi connectivity index (χ4v) is 9.03. The number of hydrogen-bond acceptors (Lipinski definition) is 8. The fraction of sp³-hybridized carbons (Fsp3) is 0.455. The van der Waals surface area contributed by atoms with Crippen LogP contribution in [-0.4, -0.2) is 64.6 Å². The van der Waals surface area contributed by atoms with E-state index in [0.29, 0.717) is 45.9 Å². The lowest BCUT2D eigenvalue weighted by molar-refractivity contribution is -0.781. The zero-order chi connectivity index (χ0) is 31.4. The van der Waals surface area contributed by atoms with E-state index >= 15 is 4.79 Å². The number of nitrogens with zero attached hydrogens (tertiary/aromatic N) is 3. The van der Waals surface area contributed by atoms with E-state index in [1.54, 1.807) is 0 Å². The lowest BCUT2D eigenvalue weighted by Gasteiger charge is -2.38. The first-order valence-corrected chi connectivity index (χ1v) is 16.7. The second-order valence-electron chi connectivity index (χ2n) is 12.4. The van der Waals surface area contributed by atoms with Crippen molar-refractivity contribution in [3.63, 3.8) is 0 Å². The molecule has 4 aliphatic rings. The van der Waals surface area contributed by atoms with Gasteiger partial charge in [0.15, 0.2) is 5.17 Å². The van der Waals surface area contributed by atoms with Crippen molar-refractivity contribution < 1.29 is 23.6 Å². The third-order valence-electron chi connectivity index (χ3n) is 9.47. The topological polar surface area (TPSA) is 88.1 Å². The van der Waals surface area contributed by atoms with Crippen molar-refractivity contribution in [2.24, 2.45) is 10.9 Å². The van der Waals surface area contributed by atoms with Gasteiger partial charge in [-0.3, -0.25) is 0 Å². The Kier molecular flexibility index (Phi) is 8.47. The number of ether oxygens (including phenoxy) is 1. The van der Waals surface area contributed by atoms with Gasteiger partial charge in [-0.2, -0.15) is 4.48 Å². The molecule has 2 amide bonds. The lowest BCUT2D eigenvalue weighted by atomic mass is 9.81. The number of carbonyl (C=O) groups excluding carboxylic acids is 3. The highest BCUT2D eigenvalue weighted by Gasteiger charge is 2.63. The number of carbonyl (C=O) groups is 3. The standard InChI is InChI=1S/C33H37Cl2N4O4S/c1-19(2)26-27(30(41)39(29(40)24-7-5-17-36-24)18-6-8-25(39)31(42)43-4)44-32-37-33(3,21-11-15-23(35)16-12-21)28(38(26)32)20-9-13-22(34)14-10-20/h9-16,19,24-25,28,36H,5-8,17-18H2,1-4H3/q+1/t24-,25-,28+,33-,39?/m0/s1. The van der Waals surface area contributed by atoms with Gasteiger partial charge in [0.25, 0.3) is 0 Å². The van der Waals surface area contributed by atoms with Gasteiger partial charge in [-0.05, 0) is 79.4 Å². The van der Waals surface area contributed by atoms with Gasteiger partial charge in [-0.15, -0.1) is 0 Å². The molecule has 4 heterocycles. The number of methoxy groups -OCH3 is 1. The smallest absolute Gasteiger partial charge is 0.365 e. The highest BCUT2D eigenvalue weighted by molar-refractivity contribution is 8.18. The number of rotatable bonds is 6. The minimum Gasteiger partial charge on any atom is -0.465 e. The minimum absolute atomic E-state index is 0.0875. The number of quaternary nitrogens is 1. The summed E-state index contributed by atoms with van der Waals surface area (Å²) in [6, 6.07) is 13.8. The van der Waals surface area contributed by atoms with Gasteiger partial charge >= 0.3 is 17.8 Å². The van der Waals surface area contributed by atoms with Crippen LogP contribution in [0.1, 0.15) is 63.6 Å². The summed E-state index contributed by atoms with van der Waals surface area (Å²) in [5.41, 5.74) is 2.06. The first-order valence-electron chi connectivity index (χ1n) is 15.1. The highest BCUT2D eigenvalue weighted by atomic mass is 35.5. The normalized spacial score (nSPS) is 29.8. The molecule has 5 atom stereocenters. The summed E-state index contributed by atoms with van der Waals surface area (Å²) >= 11 is 13.9. The van der Waals surface area contributed by atoms with E-state index in [-0.39, 0.29) is 30.3 Å².